The molecule has 0 unspecified atom stereocenters. The maximum absolute atomic E-state index is 5.29. The Hall–Kier alpha value is -2.41. The Morgan fingerprint density at radius 2 is 1.91 bits per heavy atom. The molecule has 1 fully saturated rings. The number of aromatic nitrogens is 3. The Morgan fingerprint density at radius 3 is 2.65 bits per heavy atom. The molecule has 0 atom stereocenters. The Balaban J connectivity index is 1.50. The second kappa shape index (κ2) is 6.00. The topological polar surface area (TPSA) is 54.4 Å². The summed E-state index contributed by atoms with van der Waals surface area (Å²) in [4.78, 5) is 17.9. The van der Waals surface area contributed by atoms with Gasteiger partial charge in [-0.3, -0.25) is 4.98 Å². The maximum Gasteiger partial charge on any atom is 0.186 e. The van der Waals surface area contributed by atoms with Crippen molar-refractivity contribution in [1.82, 2.24) is 15.0 Å². The number of benzene rings is 1. The van der Waals surface area contributed by atoms with E-state index in [-0.39, 0.29) is 0 Å². The third kappa shape index (κ3) is 2.79. The quantitative estimate of drug-likeness (QED) is 0.736. The number of nitrogens with zero attached hydrogens (tertiary/aromatic N) is 5. The van der Waals surface area contributed by atoms with Crippen molar-refractivity contribution < 1.29 is 4.74 Å². The number of fused-ring (bicyclic) bond motifs is 1. The first-order valence-corrected chi connectivity index (χ1v) is 8.35. The Bertz CT molecular complexity index is 799. The average molecular weight is 327 g/mol. The minimum absolute atomic E-state index is 0.875. The lowest BCUT2D eigenvalue weighted by atomic mass is 10.3. The minimum atomic E-state index is 0.875. The van der Waals surface area contributed by atoms with Crippen LogP contribution in [0.4, 0.5) is 10.9 Å². The van der Waals surface area contributed by atoms with Crippen LogP contribution < -0.4 is 14.5 Å². The van der Waals surface area contributed by atoms with E-state index in [0.29, 0.717) is 0 Å². The van der Waals surface area contributed by atoms with Crippen molar-refractivity contribution in [3.8, 4) is 5.75 Å². The second-order valence-electron chi connectivity index (χ2n) is 5.37. The van der Waals surface area contributed by atoms with Crippen LogP contribution >= 0.6 is 11.3 Å². The van der Waals surface area contributed by atoms with Crippen LogP contribution in [0, 0.1) is 0 Å². The van der Waals surface area contributed by atoms with Crippen LogP contribution in [0.3, 0.4) is 0 Å². The lowest BCUT2D eigenvalue weighted by Crippen LogP contribution is -2.46. The van der Waals surface area contributed by atoms with E-state index in [1.165, 1.54) is 0 Å². The van der Waals surface area contributed by atoms with Crippen molar-refractivity contribution in [3.05, 3.63) is 36.8 Å². The van der Waals surface area contributed by atoms with Crippen LogP contribution in [-0.2, 0) is 0 Å². The molecule has 1 aliphatic heterocycles. The monoisotopic (exact) mass is 327 g/mol. The Morgan fingerprint density at radius 1 is 1.09 bits per heavy atom. The van der Waals surface area contributed by atoms with Gasteiger partial charge in [0.25, 0.3) is 0 Å². The van der Waals surface area contributed by atoms with E-state index in [4.69, 9.17) is 9.72 Å². The molecule has 2 aromatic heterocycles. The number of hydrogen-bond acceptors (Lipinski definition) is 7. The third-order valence-electron chi connectivity index (χ3n) is 4.01. The molecule has 1 aromatic carbocycles. The van der Waals surface area contributed by atoms with Crippen LogP contribution in [0.15, 0.2) is 36.8 Å². The highest BCUT2D eigenvalue weighted by Gasteiger charge is 2.20. The van der Waals surface area contributed by atoms with Gasteiger partial charge in [0.05, 0.1) is 23.5 Å². The molecule has 23 heavy (non-hydrogen) atoms. The second-order valence-corrected chi connectivity index (χ2v) is 6.38. The zero-order valence-electron chi connectivity index (χ0n) is 12.8. The van der Waals surface area contributed by atoms with Gasteiger partial charge >= 0.3 is 0 Å². The lowest BCUT2D eigenvalue weighted by molar-refractivity contribution is 0.415. The van der Waals surface area contributed by atoms with Crippen LogP contribution in [0.5, 0.6) is 5.75 Å². The molecule has 0 spiro atoms. The zero-order valence-corrected chi connectivity index (χ0v) is 13.7. The predicted molar refractivity (Wildman–Crippen MR) is 92.6 cm³/mol. The molecule has 1 aliphatic rings. The minimum Gasteiger partial charge on any atom is -0.497 e. The van der Waals surface area contributed by atoms with Crippen molar-refractivity contribution in [2.45, 2.75) is 0 Å². The van der Waals surface area contributed by atoms with Gasteiger partial charge < -0.3 is 14.5 Å². The molecule has 4 rings (SSSR count). The highest BCUT2D eigenvalue weighted by Crippen LogP contribution is 2.32. The summed E-state index contributed by atoms with van der Waals surface area (Å²) < 4.78 is 6.45. The van der Waals surface area contributed by atoms with E-state index in [9.17, 15) is 0 Å². The van der Waals surface area contributed by atoms with Crippen molar-refractivity contribution in [1.29, 1.82) is 0 Å². The molecule has 0 amide bonds. The zero-order chi connectivity index (χ0) is 15.6. The first-order chi connectivity index (χ1) is 11.3. The number of methoxy groups -OCH3 is 1. The number of ether oxygens (including phenoxy) is 1. The normalized spacial score (nSPS) is 15.2. The number of hydrogen-bond donors (Lipinski definition) is 0. The Kier molecular flexibility index (Phi) is 3.70. The molecule has 0 saturated carbocycles. The summed E-state index contributed by atoms with van der Waals surface area (Å²) in [6, 6.07) is 6.02. The Labute approximate surface area is 138 Å². The van der Waals surface area contributed by atoms with Gasteiger partial charge in [0, 0.05) is 38.6 Å². The van der Waals surface area contributed by atoms with Crippen LogP contribution in [0.2, 0.25) is 0 Å². The highest BCUT2D eigenvalue weighted by molar-refractivity contribution is 7.22. The van der Waals surface area contributed by atoms with Gasteiger partial charge in [0.2, 0.25) is 0 Å². The first-order valence-electron chi connectivity index (χ1n) is 7.54. The van der Waals surface area contributed by atoms with E-state index < -0.39 is 0 Å². The molecule has 6 nitrogen and oxygen atoms in total. The van der Waals surface area contributed by atoms with Gasteiger partial charge in [-0.15, -0.1) is 0 Å². The fraction of sp³-hybridized carbons (Fsp3) is 0.312. The molecular formula is C16H17N5OS. The summed E-state index contributed by atoms with van der Waals surface area (Å²) in [5.41, 5.74) is 1.03. The van der Waals surface area contributed by atoms with E-state index in [1.54, 1.807) is 30.8 Å². The van der Waals surface area contributed by atoms with Crippen molar-refractivity contribution in [2.75, 3.05) is 43.1 Å². The van der Waals surface area contributed by atoms with Gasteiger partial charge in [0.1, 0.15) is 11.6 Å². The fourth-order valence-corrected chi connectivity index (χ4v) is 3.78. The molecule has 118 valence electrons. The van der Waals surface area contributed by atoms with E-state index in [1.807, 2.05) is 24.4 Å². The summed E-state index contributed by atoms with van der Waals surface area (Å²) in [5.74, 6) is 1.82. The van der Waals surface area contributed by atoms with Crippen molar-refractivity contribution in [3.63, 3.8) is 0 Å². The van der Waals surface area contributed by atoms with Gasteiger partial charge in [-0.2, -0.15) is 0 Å². The van der Waals surface area contributed by atoms with Gasteiger partial charge in [-0.25, -0.2) is 9.97 Å². The van der Waals surface area contributed by atoms with Crippen LogP contribution in [-0.4, -0.2) is 48.2 Å². The van der Waals surface area contributed by atoms with E-state index in [0.717, 1.165) is 53.1 Å². The molecule has 3 aromatic rings. The summed E-state index contributed by atoms with van der Waals surface area (Å²) in [5, 5.41) is 1.08. The molecule has 1 saturated heterocycles. The number of piperazine rings is 1. The van der Waals surface area contributed by atoms with E-state index in [2.05, 4.69) is 19.8 Å². The molecule has 3 heterocycles. The van der Waals surface area contributed by atoms with Crippen LogP contribution in [0.25, 0.3) is 10.2 Å². The molecule has 0 radical (unpaired) electrons. The smallest absolute Gasteiger partial charge is 0.186 e. The predicted octanol–water partition coefficient (Wildman–Crippen LogP) is 2.42. The van der Waals surface area contributed by atoms with Gasteiger partial charge in [-0.1, -0.05) is 11.3 Å². The van der Waals surface area contributed by atoms with Crippen molar-refractivity contribution in [2.24, 2.45) is 0 Å². The van der Waals surface area contributed by atoms with Gasteiger partial charge in [-0.05, 0) is 18.2 Å². The molecule has 7 heteroatoms. The van der Waals surface area contributed by atoms with Crippen LogP contribution in [0.1, 0.15) is 0 Å². The summed E-state index contributed by atoms with van der Waals surface area (Å²) in [6.45, 7) is 3.73. The lowest BCUT2D eigenvalue weighted by Gasteiger charge is -2.34. The highest BCUT2D eigenvalue weighted by atomic mass is 32.1. The van der Waals surface area contributed by atoms with E-state index >= 15 is 0 Å². The third-order valence-corrected chi connectivity index (χ3v) is 5.09. The first kappa shape index (κ1) is 14.2. The summed E-state index contributed by atoms with van der Waals surface area (Å²) >= 11 is 1.72. The van der Waals surface area contributed by atoms with Gasteiger partial charge in [0.15, 0.2) is 5.13 Å². The number of rotatable bonds is 3. The molecule has 0 aliphatic carbocycles. The summed E-state index contributed by atoms with van der Waals surface area (Å²) in [7, 11) is 1.69. The summed E-state index contributed by atoms with van der Waals surface area (Å²) in [6.07, 6.45) is 5.26. The molecule has 0 N–H and O–H groups in total. The maximum atomic E-state index is 5.29. The number of anilines is 2. The van der Waals surface area contributed by atoms with Crippen molar-refractivity contribution >= 4 is 32.5 Å². The molecular weight excluding hydrogens is 310 g/mol. The average Bonchev–Trinajstić information content (AvgIpc) is 3.05. The standard InChI is InChI=1S/C16H17N5OS/c1-22-12-2-3-13-14(10-12)23-16(19-13)21-8-6-20(7-9-21)15-11-17-4-5-18-15/h2-5,10-11H,6-9H2,1H3. The molecule has 0 bridgehead atoms. The largest absolute Gasteiger partial charge is 0.497 e. The number of thiazole rings is 1. The fourth-order valence-electron chi connectivity index (χ4n) is 2.74. The SMILES string of the molecule is COc1ccc2nc(N3CCN(c4cnccn4)CC3)sc2c1.